The van der Waals surface area contributed by atoms with Crippen LogP contribution in [0, 0.1) is 25.6 Å². The molecule has 41 heavy (non-hydrogen) atoms. The van der Waals surface area contributed by atoms with Crippen LogP contribution in [0.25, 0.3) is 11.0 Å². The number of benzene rings is 2. The van der Waals surface area contributed by atoms with E-state index in [0.717, 1.165) is 99.1 Å². The van der Waals surface area contributed by atoms with E-state index in [1.807, 2.05) is 11.0 Å². The quantitative estimate of drug-likeness (QED) is 0.297. The summed E-state index contributed by atoms with van der Waals surface area (Å²) in [6, 6.07) is 9.44. The van der Waals surface area contributed by atoms with E-state index in [9.17, 15) is 9.18 Å². The number of halogens is 1. The lowest BCUT2D eigenvalue weighted by Crippen LogP contribution is -2.51. The van der Waals surface area contributed by atoms with Gasteiger partial charge in [0.15, 0.2) is 0 Å². The Morgan fingerprint density at radius 1 is 1.15 bits per heavy atom. The Labute approximate surface area is 244 Å². The SMILES string of the molecule is Cc1ccc(C)c2[nH]c(CCCN(C)CC[C@]3(OC(=O)N4CCCCC4)CCc4cc(F)ccc4C3C(C)C)nc12. The van der Waals surface area contributed by atoms with Crippen molar-refractivity contribution in [3.63, 3.8) is 0 Å². The van der Waals surface area contributed by atoms with Crippen LogP contribution in [0.5, 0.6) is 0 Å². The molecule has 1 saturated heterocycles. The number of fused-ring (bicyclic) bond motifs is 2. The first-order chi connectivity index (χ1) is 19.7. The zero-order valence-electron chi connectivity index (χ0n) is 25.6. The van der Waals surface area contributed by atoms with Gasteiger partial charge in [0, 0.05) is 38.4 Å². The molecule has 0 radical (unpaired) electrons. The number of hydrogen-bond donors (Lipinski definition) is 1. The third-order valence-electron chi connectivity index (χ3n) is 9.37. The highest BCUT2D eigenvalue weighted by atomic mass is 19.1. The van der Waals surface area contributed by atoms with Crippen LogP contribution in [-0.4, -0.2) is 64.7 Å². The molecule has 1 unspecified atom stereocenters. The van der Waals surface area contributed by atoms with E-state index in [4.69, 9.17) is 9.72 Å². The molecule has 1 aliphatic carbocycles. The molecule has 1 fully saturated rings. The molecule has 222 valence electrons. The number of nitrogens with zero attached hydrogens (tertiary/aromatic N) is 3. The molecule has 1 aliphatic heterocycles. The third kappa shape index (κ3) is 6.45. The molecular formula is C34H47FN4O2. The molecular weight excluding hydrogens is 515 g/mol. The van der Waals surface area contributed by atoms with E-state index in [1.165, 1.54) is 17.5 Å². The number of aromatic amines is 1. The van der Waals surface area contributed by atoms with E-state index in [1.54, 1.807) is 12.1 Å². The molecule has 3 aromatic rings. The largest absolute Gasteiger partial charge is 0.442 e. The number of carbonyl (C=O) groups excluding carboxylic acids is 1. The minimum absolute atomic E-state index is 0.0241. The van der Waals surface area contributed by atoms with Gasteiger partial charge in [-0.2, -0.15) is 0 Å². The summed E-state index contributed by atoms with van der Waals surface area (Å²) in [7, 11) is 2.16. The van der Waals surface area contributed by atoms with Gasteiger partial charge in [-0.25, -0.2) is 14.2 Å². The number of aromatic nitrogens is 2. The molecule has 0 bridgehead atoms. The number of likely N-dealkylation sites (tertiary alicyclic amines) is 1. The molecule has 2 atom stereocenters. The number of carbonyl (C=O) groups is 1. The van der Waals surface area contributed by atoms with Crippen LogP contribution in [0.1, 0.15) is 86.4 Å². The van der Waals surface area contributed by atoms with Crippen LogP contribution < -0.4 is 0 Å². The lowest BCUT2D eigenvalue weighted by molar-refractivity contribution is -0.0593. The van der Waals surface area contributed by atoms with Gasteiger partial charge < -0.3 is 19.5 Å². The number of imidazole rings is 1. The number of nitrogens with one attached hydrogen (secondary N) is 1. The monoisotopic (exact) mass is 562 g/mol. The number of piperidine rings is 1. The minimum atomic E-state index is -0.616. The predicted molar refractivity (Wildman–Crippen MR) is 163 cm³/mol. The van der Waals surface area contributed by atoms with Gasteiger partial charge in [-0.1, -0.05) is 32.0 Å². The molecule has 1 amide bonds. The molecule has 2 heterocycles. The molecule has 6 nitrogen and oxygen atoms in total. The molecule has 0 saturated carbocycles. The van der Waals surface area contributed by atoms with Gasteiger partial charge in [0.2, 0.25) is 0 Å². The van der Waals surface area contributed by atoms with Crippen molar-refractivity contribution < 1.29 is 13.9 Å². The third-order valence-corrected chi connectivity index (χ3v) is 9.37. The van der Waals surface area contributed by atoms with Crippen LogP contribution in [0.2, 0.25) is 0 Å². The standard InChI is InChI=1S/C34H47FN4O2/c1-23(2)30-28-14-13-27(35)22-26(28)15-16-34(30,41-33(40)39-19-7-6-8-20-39)17-21-38(5)18-9-10-29-36-31-24(3)11-12-25(4)32(31)37-29/h11-14,22-23,30H,6-10,15-21H2,1-5H3,(H,36,37)/t30?,34-/m1/s1. The van der Waals surface area contributed by atoms with Gasteiger partial charge >= 0.3 is 6.09 Å². The average molecular weight is 563 g/mol. The normalized spacial score (nSPS) is 21.1. The second kappa shape index (κ2) is 12.5. The number of rotatable bonds is 9. The fraction of sp³-hybridized carbons (Fsp3) is 0.588. The Hall–Kier alpha value is -2.93. The number of H-pyrrole nitrogens is 1. The maximum absolute atomic E-state index is 14.2. The summed E-state index contributed by atoms with van der Waals surface area (Å²) >= 11 is 0. The Morgan fingerprint density at radius 3 is 2.63 bits per heavy atom. The van der Waals surface area contributed by atoms with Crippen LogP contribution in [-0.2, 0) is 17.6 Å². The van der Waals surface area contributed by atoms with Gasteiger partial charge in [0.25, 0.3) is 0 Å². The van der Waals surface area contributed by atoms with E-state index >= 15 is 0 Å². The van der Waals surface area contributed by atoms with Gasteiger partial charge in [-0.15, -0.1) is 0 Å². The van der Waals surface area contributed by atoms with Gasteiger partial charge in [-0.3, -0.25) is 0 Å². The van der Waals surface area contributed by atoms with E-state index in [-0.39, 0.29) is 23.7 Å². The van der Waals surface area contributed by atoms with Crippen LogP contribution in [0.15, 0.2) is 30.3 Å². The Kier molecular flexibility index (Phi) is 9.03. The molecule has 0 spiro atoms. The number of hydrogen-bond acceptors (Lipinski definition) is 4. The van der Waals surface area contributed by atoms with E-state index < -0.39 is 5.60 Å². The number of ether oxygens (including phenoxy) is 1. The van der Waals surface area contributed by atoms with Crippen LogP contribution in [0.4, 0.5) is 9.18 Å². The highest BCUT2D eigenvalue weighted by Gasteiger charge is 2.48. The summed E-state index contributed by atoms with van der Waals surface area (Å²) in [6.07, 6.45) is 7.13. The first kappa shape index (κ1) is 29.6. The summed E-state index contributed by atoms with van der Waals surface area (Å²) in [4.78, 5) is 26.2. The smallest absolute Gasteiger partial charge is 0.410 e. The van der Waals surface area contributed by atoms with Crippen molar-refractivity contribution in [2.45, 2.75) is 90.6 Å². The Morgan fingerprint density at radius 2 is 1.90 bits per heavy atom. The van der Waals surface area contributed by atoms with Crippen molar-refractivity contribution in [2.75, 3.05) is 33.2 Å². The van der Waals surface area contributed by atoms with Gasteiger partial charge in [0.05, 0.1) is 11.0 Å². The molecule has 2 aliphatic rings. The maximum atomic E-state index is 14.2. The summed E-state index contributed by atoms with van der Waals surface area (Å²) in [5, 5.41) is 0. The molecule has 7 heteroatoms. The van der Waals surface area contributed by atoms with Gasteiger partial charge in [-0.05, 0) is 106 Å². The first-order valence-corrected chi connectivity index (χ1v) is 15.6. The molecule has 1 aromatic heterocycles. The zero-order valence-corrected chi connectivity index (χ0v) is 25.6. The highest BCUT2D eigenvalue weighted by molar-refractivity contribution is 5.81. The van der Waals surface area contributed by atoms with Crippen molar-refractivity contribution in [3.8, 4) is 0 Å². The lowest BCUT2D eigenvalue weighted by Gasteiger charge is -2.47. The van der Waals surface area contributed by atoms with Crippen molar-refractivity contribution in [2.24, 2.45) is 5.92 Å². The average Bonchev–Trinajstić information content (AvgIpc) is 3.40. The van der Waals surface area contributed by atoms with E-state index in [2.05, 4.69) is 56.8 Å². The van der Waals surface area contributed by atoms with Crippen LogP contribution >= 0.6 is 0 Å². The lowest BCUT2D eigenvalue weighted by atomic mass is 9.65. The van der Waals surface area contributed by atoms with E-state index in [0.29, 0.717) is 0 Å². The van der Waals surface area contributed by atoms with Crippen LogP contribution in [0.3, 0.4) is 0 Å². The topological polar surface area (TPSA) is 61.5 Å². The second-order valence-corrected chi connectivity index (χ2v) is 12.8. The Bertz CT molecular complexity index is 1320. The molecule has 5 rings (SSSR count). The number of amides is 1. The second-order valence-electron chi connectivity index (χ2n) is 12.8. The minimum Gasteiger partial charge on any atom is -0.442 e. The van der Waals surface area contributed by atoms with Crippen molar-refractivity contribution in [1.82, 2.24) is 19.8 Å². The van der Waals surface area contributed by atoms with Crippen molar-refractivity contribution in [3.05, 3.63) is 64.2 Å². The molecule has 1 N–H and O–H groups in total. The zero-order chi connectivity index (χ0) is 29.1. The van der Waals surface area contributed by atoms with Crippen molar-refractivity contribution >= 4 is 17.1 Å². The number of aryl methyl sites for hydroxylation is 4. The summed E-state index contributed by atoms with van der Waals surface area (Å²) < 4.78 is 20.8. The van der Waals surface area contributed by atoms with Crippen molar-refractivity contribution in [1.29, 1.82) is 0 Å². The Balaban J connectivity index is 1.29. The fourth-order valence-corrected chi connectivity index (χ4v) is 7.14. The first-order valence-electron chi connectivity index (χ1n) is 15.6. The fourth-order valence-electron chi connectivity index (χ4n) is 7.14. The summed E-state index contributed by atoms with van der Waals surface area (Å²) in [5.74, 6) is 1.11. The summed E-state index contributed by atoms with van der Waals surface area (Å²) in [6.45, 7) is 11.9. The summed E-state index contributed by atoms with van der Waals surface area (Å²) in [5.41, 5.74) is 6.21. The van der Waals surface area contributed by atoms with Gasteiger partial charge in [0.1, 0.15) is 17.2 Å². The highest BCUT2D eigenvalue weighted by Crippen LogP contribution is 2.48. The predicted octanol–water partition coefficient (Wildman–Crippen LogP) is 7.32. The molecule has 2 aromatic carbocycles. The maximum Gasteiger partial charge on any atom is 0.410 e.